The molecule has 16 heavy (non-hydrogen) atoms. The van der Waals surface area contributed by atoms with Crippen molar-refractivity contribution in [1.82, 2.24) is 0 Å². The summed E-state index contributed by atoms with van der Waals surface area (Å²) in [6.07, 6.45) is 1.18. The van der Waals surface area contributed by atoms with Crippen LogP contribution in [-0.4, -0.2) is 26.0 Å². The van der Waals surface area contributed by atoms with Gasteiger partial charge >= 0.3 is 0 Å². The SMILES string of the molecule is O=S(=O)(Cl)c1cccc(OC2CCSC2)c1. The summed E-state index contributed by atoms with van der Waals surface area (Å²) in [6, 6.07) is 6.30. The largest absolute Gasteiger partial charge is 0.490 e. The van der Waals surface area contributed by atoms with E-state index in [-0.39, 0.29) is 11.0 Å². The summed E-state index contributed by atoms with van der Waals surface area (Å²) < 4.78 is 27.9. The van der Waals surface area contributed by atoms with Gasteiger partial charge in [0.25, 0.3) is 9.05 Å². The molecular formula is C10H11ClO3S2. The second-order valence-corrected chi connectivity index (χ2v) is 7.23. The Labute approximate surface area is 104 Å². The van der Waals surface area contributed by atoms with Gasteiger partial charge in [-0.2, -0.15) is 11.8 Å². The Morgan fingerprint density at radius 1 is 1.44 bits per heavy atom. The molecule has 0 aromatic heterocycles. The number of rotatable bonds is 3. The van der Waals surface area contributed by atoms with Crippen molar-refractivity contribution in [1.29, 1.82) is 0 Å². The highest BCUT2D eigenvalue weighted by Gasteiger charge is 2.18. The third-order valence-corrected chi connectivity index (χ3v) is 4.76. The van der Waals surface area contributed by atoms with E-state index in [1.807, 2.05) is 11.8 Å². The third kappa shape index (κ3) is 3.06. The molecule has 1 aromatic carbocycles. The standard InChI is InChI=1S/C10H11ClO3S2/c11-16(12,13)10-3-1-2-8(6-10)14-9-4-5-15-7-9/h1-3,6,9H,4-5,7H2. The van der Waals surface area contributed by atoms with Gasteiger partial charge in [0.15, 0.2) is 0 Å². The Kier molecular flexibility index (Phi) is 3.66. The molecule has 1 aromatic rings. The predicted octanol–water partition coefficient (Wildman–Crippen LogP) is 2.50. The molecule has 88 valence electrons. The smallest absolute Gasteiger partial charge is 0.261 e. The summed E-state index contributed by atoms with van der Waals surface area (Å²) in [5.41, 5.74) is 0. The van der Waals surface area contributed by atoms with Gasteiger partial charge in [0.2, 0.25) is 0 Å². The lowest BCUT2D eigenvalue weighted by atomic mass is 10.3. The molecule has 1 atom stereocenters. The Balaban J connectivity index is 2.16. The maximum Gasteiger partial charge on any atom is 0.261 e. The van der Waals surface area contributed by atoms with E-state index >= 15 is 0 Å². The second-order valence-electron chi connectivity index (χ2n) is 3.52. The molecular weight excluding hydrogens is 268 g/mol. The van der Waals surface area contributed by atoms with Gasteiger partial charge in [-0.1, -0.05) is 6.07 Å². The van der Waals surface area contributed by atoms with Crippen LogP contribution in [0.2, 0.25) is 0 Å². The van der Waals surface area contributed by atoms with E-state index in [1.54, 1.807) is 12.1 Å². The van der Waals surface area contributed by atoms with Crippen LogP contribution in [0.5, 0.6) is 5.75 Å². The van der Waals surface area contributed by atoms with Crippen molar-refractivity contribution in [2.45, 2.75) is 17.4 Å². The number of benzene rings is 1. The highest BCUT2D eigenvalue weighted by atomic mass is 35.7. The molecule has 0 bridgehead atoms. The molecule has 1 unspecified atom stereocenters. The highest BCUT2D eigenvalue weighted by Crippen LogP contribution is 2.25. The maximum atomic E-state index is 11.1. The number of halogens is 1. The summed E-state index contributed by atoms with van der Waals surface area (Å²) >= 11 is 1.84. The van der Waals surface area contributed by atoms with Crippen molar-refractivity contribution >= 4 is 31.5 Å². The van der Waals surface area contributed by atoms with E-state index in [0.29, 0.717) is 5.75 Å². The van der Waals surface area contributed by atoms with Crippen LogP contribution >= 0.6 is 22.4 Å². The van der Waals surface area contributed by atoms with Gasteiger partial charge in [-0.15, -0.1) is 0 Å². The summed E-state index contributed by atoms with van der Waals surface area (Å²) in [6.45, 7) is 0. The van der Waals surface area contributed by atoms with Crippen LogP contribution in [0.25, 0.3) is 0 Å². The topological polar surface area (TPSA) is 43.4 Å². The van der Waals surface area contributed by atoms with Crippen molar-refractivity contribution in [3.8, 4) is 5.75 Å². The first-order valence-electron chi connectivity index (χ1n) is 4.85. The van der Waals surface area contributed by atoms with Gasteiger partial charge < -0.3 is 4.74 Å². The second kappa shape index (κ2) is 4.85. The first-order valence-corrected chi connectivity index (χ1v) is 8.31. The van der Waals surface area contributed by atoms with Crippen LogP contribution in [-0.2, 0) is 9.05 Å². The molecule has 1 saturated heterocycles. The van der Waals surface area contributed by atoms with Crippen LogP contribution < -0.4 is 4.74 Å². The number of hydrogen-bond donors (Lipinski definition) is 0. The molecule has 0 spiro atoms. The third-order valence-electron chi connectivity index (χ3n) is 2.28. The van der Waals surface area contributed by atoms with Gasteiger partial charge in [0.1, 0.15) is 11.9 Å². The summed E-state index contributed by atoms with van der Waals surface area (Å²) in [5, 5.41) is 0. The molecule has 0 saturated carbocycles. The van der Waals surface area contributed by atoms with Crippen molar-refractivity contribution in [3.05, 3.63) is 24.3 Å². The zero-order valence-electron chi connectivity index (χ0n) is 8.43. The Morgan fingerprint density at radius 3 is 2.88 bits per heavy atom. The minimum Gasteiger partial charge on any atom is -0.490 e. The lowest BCUT2D eigenvalue weighted by molar-refractivity contribution is 0.229. The first kappa shape index (κ1) is 12.1. The molecule has 2 rings (SSSR count). The van der Waals surface area contributed by atoms with Crippen molar-refractivity contribution in [3.63, 3.8) is 0 Å². The molecule has 6 heteroatoms. The van der Waals surface area contributed by atoms with E-state index in [4.69, 9.17) is 15.4 Å². The quantitative estimate of drug-likeness (QED) is 0.797. The molecule has 3 nitrogen and oxygen atoms in total. The normalized spacial score (nSPS) is 20.9. The molecule has 1 fully saturated rings. The molecule has 1 heterocycles. The fourth-order valence-electron chi connectivity index (χ4n) is 1.50. The zero-order chi connectivity index (χ0) is 11.6. The monoisotopic (exact) mass is 278 g/mol. The van der Waals surface area contributed by atoms with E-state index in [9.17, 15) is 8.42 Å². The average Bonchev–Trinajstić information content (AvgIpc) is 2.70. The Morgan fingerprint density at radius 2 is 2.25 bits per heavy atom. The van der Waals surface area contributed by atoms with Crippen LogP contribution in [0.4, 0.5) is 0 Å². The minimum absolute atomic E-state index is 0.0808. The number of hydrogen-bond acceptors (Lipinski definition) is 4. The Bertz CT molecular complexity index is 467. The van der Waals surface area contributed by atoms with Crippen molar-refractivity contribution in [2.75, 3.05) is 11.5 Å². The lowest BCUT2D eigenvalue weighted by Crippen LogP contribution is -2.14. The van der Waals surface area contributed by atoms with Crippen molar-refractivity contribution < 1.29 is 13.2 Å². The van der Waals surface area contributed by atoms with Gasteiger partial charge in [-0.3, -0.25) is 0 Å². The summed E-state index contributed by atoms with van der Waals surface area (Å²) in [5.74, 6) is 2.62. The predicted molar refractivity (Wildman–Crippen MR) is 65.8 cm³/mol. The van der Waals surface area contributed by atoms with Crippen molar-refractivity contribution in [2.24, 2.45) is 0 Å². The lowest BCUT2D eigenvalue weighted by Gasteiger charge is -2.12. The fraction of sp³-hybridized carbons (Fsp3) is 0.400. The molecule has 1 aliphatic rings. The first-order chi connectivity index (χ1) is 7.55. The van der Waals surface area contributed by atoms with Crippen LogP contribution in [0, 0.1) is 0 Å². The minimum atomic E-state index is -3.67. The van der Waals surface area contributed by atoms with Gasteiger partial charge in [0, 0.05) is 22.5 Å². The fourth-order valence-corrected chi connectivity index (χ4v) is 3.38. The highest BCUT2D eigenvalue weighted by molar-refractivity contribution is 8.13. The van der Waals surface area contributed by atoms with Crippen LogP contribution in [0.3, 0.4) is 0 Å². The van der Waals surface area contributed by atoms with Crippen LogP contribution in [0.15, 0.2) is 29.2 Å². The van der Waals surface area contributed by atoms with Crippen LogP contribution in [0.1, 0.15) is 6.42 Å². The number of ether oxygens (including phenoxy) is 1. The van der Waals surface area contributed by atoms with E-state index in [2.05, 4.69) is 0 Å². The van der Waals surface area contributed by atoms with Gasteiger partial charge in [0.05, 0.1) is 4.90 Å². The zero-order valence-corrected chi connectivity index (χ0v) is 10.8. The van der Waals surface area contributed by atoms with E-state index in [1.165, 1.54) is 12.1 Å². The molecule has 0 radical (unpaired) electrons. The van der Waals surface area contributed by atoms with Gasteiger partial charge in [-0.25, -0.2) is 8.42 Å². The summed E-state index contributed by atoms with van der Waals surface area (Å²) in [4.78, 5) is 0.0808. The van der Waals surface area contributed by atoms with E-state index in [0.717, 1.165) is 17.9 Å². The number of thioether (sulfide) groups is 1. The molecule has 0 N–H and O–H groups in total. The average molecular weight is 279 g/mol. The summed E-state index contributed by atoms with van der Waals surface area (Å²) in [7, 11) is 1.59. The molecule has 1 aliphatic heterocycles. The van der Waals surface area contributed by atoms with E-state index < -0.39 is 9.05 Å². The van der Waals surface area contributed by atoms with Gasteiger partial charge in [-0.05, 0) is 24.3 Å². The maximum absolute atomic E-state index is 11.1. The molecule has 0 aliphatic carbocycles. The molecule has 0 amide bonds. The Hall–Kier alpha value is -0.390.